The molecule has 0 unspecified atom stereocenters. The van der Waals surface area contributed by atoms with Crippen LogP contribution in [0.15, 0.2) is 30.5 Å². The number of rotatable bonds is 5. The van der Waals surface area contributed by atoms with Gasteiger partial charge in [0.15, 0.2) is 5.69 Å². The van der Waals surface area contributed by atoms with Gasteiger partial charge in [-0.2, -0.15) is 18.2 Å². The molecular formula is C13H13F3N4O. The summed E-state index contributed by atoms with van der Waals surface area (Å²) in [5.41, 5.74) is -0.258. The molecule has 2 aromatic heterocycles. The number of hydrogen-bond donors (Lipinski definition) is 1. The van der Waals surface area contributed by atoms with Crippen LogP contribution in [0.4, 0.5) is 19.1 Å². The molecule has 0 saturated heterocycles. The standard InChI is InChI=1S/C13H13F3N4O/c1-17-12-19-10(13(14,15)16)8-11(20-12)21-7-5-9-4-2-3-6-18-9/h2-4,6,8H,5,7H2,1H3,(H,17,19,20). The summed E-state index contributed by atoms with van der Waals surface area (Å²) in [5, 5.41) is 2.47. The van der Waals surface area contributed by atoms with Crippen LogP contribution in [-0.4, -0.2) is 28.6 Å². The number of ether oxygens (including phenoxy) is 1. The van der Waals surface area contributed by atoms with Gasteiger partial charge < -0.3 is 10.1 Å². The van der Waals surface area contributed by atoms with Gasteiger partial charge in [-0.15, -0.1) is 0 Å². The second kappa shape index (κ2) is 6.38. The highest BCUT2D eigenvalue weighted by atomic mass is 19.4. The molecule has 0 amide bonds. The van der Waals surface area contributed by atoms with Crippen molar-refractivity contribution in [2.24, 2.45) is 0 Å². The van der Waals surface area contributed by atoms with Crippen LogP contribution in [0.2, 0.25) is 0 Å². The molecule has 0 radical (unpaired) electrons. The third kappa shape index (κ3) is 4.30. The van der Waals surface area contributed by atoms with Crippen molar-refractivity contribution in [3.8, 4) is 5.88 Å². The predicted molar refractivity (Wildman–Crippen MR) is 70.0 cm³/mol. The third-order valence-electron chi connectivity index (χ3n) is 2.55. The van der Waals surface area contributed by atoms with Gasteiger partial charge in [-0.1, -0.05) is 6.07 Å². The molecule has 2 aromatic rings. The normalized spacial score (nSPS) is 11.2. The van der Waals surface area contributed by atoms with Crippen molar-refractivity contribution < 1.29 is 17.9 Å². The highest BCUT2D eigenvalue weighted by molar-refractivity contribution is 5.31. The molecule has 1 N–H and O–H groups in total. The topological polar surface area (TPSA) is 59.9 Å². The smallest absolute Gasteiger partial charge is 0.433 e. The summed E-state index contributed by atoms with van der Waals surface area (Å²) in [7, 11) is 1.44. The molecular weight excluding hydrogens is 285 g/mol. The van der Waals surface area contributed by atoms with Crippen molar-refractivity contribution >= 4 is 5.95 Å². The summed E-state index contributed by atoms with van der Waals surface area (Å²) in [5.74, 6) is -0.268. The lowest BCUT2D eigenvalue weighted by molar-refractivity contribution is -0.141. The van der Waals surface area contributed by atoms with E-state index < -0.39 is 11.9 Å². The molecule has 0 aliphatic heterocycles. The second-order valence-corrected chi connectivity index (χ2v) is 4.08. The van der Waals surface area contributed by atoms with Crippen molar-refractivity contribution in [3.63, 3.8) is 0 Å². The SMILES string of the molecule is CNc1nc(OCCc2ccccn2)cc(C(F)(F)F)n1. The predicted octanol–water partition coefficient (Wildman–Crippen LogP) is 2.55. The van der Waals surface area contributed by atoms with E-state index in [0.29, 0.717) is 6.42 Å². The van der Waals surface area contributed by atoms with Crippen molar-refractivity contribution in [3.05, 3.63) is 41.9 Å². The second-order valence-electron chi connectivity index (χ2n) is 4.08. The lowest BCUT2D eigenvalue weighted by Crippen LogP contribution is -2.12. The number of nitrogens with zero attached hydrogens (tertiary/aromatic N) is 3. The van der Waals surface area contributed by atoms with E-state index in [4.69, 9.17) is 4.74 Å². The molecule has 0 spiro atoms. The first-order chi connectivity index (χ1) is 9.99. The fourth-order valence-corrected chi connectivity index (χ4v) is 1.56. The van der Waals surface area contributed by atoms with Crippen LogP contribution in [0.1, 0.15) is 11.4 Å². The van der Waals surface area contributed by atoms with Crippen molar-refractivity contribution in [2.75, 3.05) is 19.0 Å². The van der Waals surface area contributed by atoms with Crippen molar-refractivity contribution in [1.29, 1.82) is 0 Å². The molecule has 2 heterocycles. The summed E-state index contributed by atoms with van der Waals surface area (Å²) in [6, 6.07) is 6.19. The van der Waals surface area contributed by atoms with Gasteiger partial charge in [0.2, 0.25) is 11.8 Å². The maximum atomic E-state index is 12.7. The first kappa shape index (κ1) is 15.0. The first-order valence-corrected chi connectivity index (χ1v) is 6.16. The van der Waals surface area contributed by atoms with E-state index >= 15 is 0 Å². The molecule has 0 atom stereocenters. The maximum absolute atomic E-state index is 12.7. The number of halogens is 3. The minimum atomic E-state index is -4.55. The Morgan fingerprint density at radius 2 is 2.05 bits per heavy atom. The van der Waals surface area contributed by atoms with Crippen LogP contribution in [0.25, 0.3) is 0 Å². The van der Waals surface area contributed by atoms with E-state index in [1.165, 1.54) is 7.05 Å². The van der Waals surface area contributed by atoms with Gasteiger partial charge in [0.1, 0.15) is 0 Å². The van der Waals surface area contributed by atoms with E-state index in [-0.39, 0.29) is 18.4 Å². The highest BCUT2D eigenvalue weighted by Crippen LogP contribution is 2.30. The minimum Gasteiger partial charge on any atom is -0.477 e. The monoisotopic (exact) mass is 298 g/mol. The van der Waals surface area contributed by atoms with Gasteiger partial charge in [-0.05, 0) is 12.1 Å². The highest BCUT2D eigenvalue weighted by Gasteiger charge is 2.34. The Morgan fingerprint density at radius 1 is 1.24 bits per heavy atom. The van der Waals surface area contributed by atoms with Gasteiger partial charge in [0.25, 0.3) is 0 Å². The Balaban J connectivity index is 2.05. The minimum absolute atomic E-state index is 0.127. The number of pyridine rings is 1. The fraction of sp³-hybridized carbons (Fsp3) is 0.308. The van der Waals surface area contributed by atoms with Gasteiger partial charge in [0.05, 0.1) is 6.61 Å². The average Bonchev–Trinajstić information content (AvgIpc) is 2.47. The molecule has 0 fully saturated rings. The molecule has 0 bridgehead atoms. The van der Waals surface area contributed by atoms with Crippen LogP contribution >= 0.6 is 0 Å². The maximum Gasteiger partial charge on any atom is 0.433 e. The largest absolute Gasteiger partial charge is 0.477 e. The zero-order chi connectivity index (χ0) is 15.3. The Hall–Kier alpha value is -2.38. The summed E-state index contributed by atoms with van der Waals surface area (Å²) in [6.07, 6.45) is -2.43. The zero-order valence-electron chi connectivity index (χ0n) is 11.2. The number of hydrogen-bond acceptors (Lipinski definition) is 5. The van der Waals surface area contributed by atoms with Gasteiger partial charge in [0, 0.05) is 31.4 Å². The average molecular weight is 298 g/mol. The van der Waals surface area contributed by atoms with Crippen molar-refractivity contribution in [2.45, 2.75) is 12.6 Å². The third-order valence-corrected chi connectivity index (χ3v) is 2.55. The van der Waals surface area contributed by atoms with Crippen LogP contribution in [-0.2, 0) is 12.6 Å². The van der Waals surface area contributed by atoms with E-state index in [9.17, 15) is 13.2 Å². The molecule has 112 valence electrons. The summed E-state index contributed by atoms with van der Waals surface area (Å²) in [4.78, 5) is 11.3. The van der Waals surface area contributed by atoms with Crippen LogP contribution in [0.3, 0.4) is 0 Å². The molecule has 0 aliphatic rings. The molecule has 8 heteroatoms. The molecule has 0 aliphatic carbocycles. The lowest BCUT2D eigenvalue weighted by Gasteiger charge is -2.10. The van der Waals surface area contributed by atoms with Crippen LogP contribution in [0, 0.1) is 0 Å². The number of anilines is 1. The van der Waals surface area contributed by atoms with E-state index in [1.54, 1.807) is 12.3 Å². The molecule has 0 aromatic carbocycles. The first-order valence-electron chi connectivity index (χ1n) is 6.16. The quantitative estimate of drug-likeness (QED) is 0.919. The molecule has 0 saturated carbocycles. The molecule has 2 rings (SSSR count). The van der Waals surface area contributed by atoms with Crippen LogP contribution in [0.5, 0.6) is 5.88 Å². The Labute approximate surface area is 119 Å². The summed E-state index contributed by atoms with van der Waals surface area (Å²) >= 11 is 0. The molecule has 21 heavy (non-hydrogen) atoms. The zero-order valence-corrected chi connectivity index (χ0v) is 11.2. The van der Waals surface area contributed by atoms with E-state index in [0.717, 1.165) is 11.8 Å². The summed E-state index contributed by atoms with van der Waals surface area (Å²) in [6.45, 7) is 0.175. The number of alkyl halides is 3. The number of aromatic nitrogens is 3. The van der Waals surface area contributed by atoms with E-state index in [1.807, 2.05) is 12.1 Å². The Bertz CT molecular complexity index is 590. The molecule has 5 nitrogen and oxygen atoms in total. The van der Waals surface area contributed by atoms with Crippen LogP contribution < -0.4 is 10.1 Å². The Kier molecular flexibility index (Phi) is 4.56. The Morgan fingerprint density at radius 3 is 2.67 bits per heavy atom. The van der Waals surface area contributed by atoms with Gasteiger partial charge in [-0.25, -0.2) is 4.98 Å². The summed E-state index contributed by atoms with van der Waals surface area (Å²) < 4.78 is 43.3. The number of nitrogens with one attached hydrogen (secondary N) is 1. The lowest BCUT2D eigenvalue weighted by atomic mass is 10.3. The van der Waals surface area contributed by atoms with Crippen molar-refractivity contribution in [1.82, 2.24) is 15.0 Å². The van der Waals surface area contributed by atoms with Gasteiger partial charge >= 0.3 is 6.18 Å². The van der Waals surface area contributed by atoms with Gasteiger partial charge in [-0.3, -0.25) is 4.98 Å². The fourth-order valence-electron chi connectivity index (χ4n) is 1.56. The van der Waals surface area contributed by atoms with E-state index in [2.05, 4.69) is 20.3 Å².